The summed E-state index contributed by atoms with van der Waals surface area (Å²) in [5, 5.41) is 1.22. The first-order valence-electron chi connectivity index (χ1n) is 6.70. The van der Waals surface area contributed by atoms with Crippen molar-refractivity contribution in [2.45, 2.75) is 52.3 Å². The van der Waals surface area contributed by atoms with Crippen LogP contribution in [0.15, 0.2) is 0 Å². The van der Waals surface area contributed by atoms with Crippen LogP contribution in [-0.2, 0) is 9.53 Å². The fraction of sp³-hybridized carbons (Fsp3) is 0.846. The summed E-state index contributed by atoms with van der Waals surface area (Å²) in [4.78, 5) is 22.0. The average Bonchev–Trinajstić information content (AvgIpc) is 2.26. The van der Waals surface area contributed by atoms with Gasteiger partial charge in [-0.3, -0.25) is 10.1 Å². The average molecular weight is 295 g/mol. The molecule has 116 valence electrons. The van der Waals surface area contributed by atoms with Crippen LogP contribution in [0.25, 0.3) is 0 Å². The summed E-state index contributed by atoms with van der Waals surface area (Å²) in [5.74, 6) is -1.58. The lowest BCUT2D eigenvalue weighted by Gasteiger charge is -2.36. The van der Waals surface area contributed by atoms with Crippen molar-refractivity contribution in [3.63, 3.8) is 0 Å². The summed E-state index contributed by atoms with van der Waals surface area (Å²) in [5.41, 5.74) is 0. The predicted molar refractivity (Wildman–Crippen MR) is 65.8 cm³/mol. The van der Waals surface area contributed by atoms with Crippen LogP contribution in [0.1, 0.15) is 40.0 Å². The van der Waals surface area contributed by atoms with Crippen LogP contribution in [0.5, 0.6) is 0 Å². The highest BCUT2D eigenvalue weighted by Crippen LogP contribution is 2.35. The Balaban J connectivity index is 2.60. The molecule has 0 aliphatic heterocycles. The number of hydrogen-bond acceptors (Lipinski definition) is 3. The molecule has 1 aliphatic carbocycles. The number of imide groups is 1. The molecule has 0 aromatic heterocycles. The van der Waals surface area contributed by atoms with E-state index in [1.165, 1.54) is 5.32 Å². The number of alkyl halides is 3. The normalized spacial score (nSPS) is 27.2. The molecule has 0 radical (unpaired) electrons. The van der Waals surface area contributed by atoms with Gasteiger partial charge in [0.15, 0.2) is 0 Å². The van der Waals surface area contributed by atoms with Crippen molar-refractivity contribution in [3.8, 4) is 0 Å². The fourth-order valence-corrected chi connectivity index (χ4v) is 2.58. The minimum Gasteiger partial charge on any atom is -0.446 e. The maximum atomic E-state index is 12.0. The maximum Gasteiger partial charge on any atom is 0.471 e. The van der Waals surface area contributed by atoms with E-state index in [0.29, 0.717) is 12.3 Å². The number of halogens is 3. The zero-order chi connectivity index (χ0) is 15.5. The molecule has 3 atom stereocenters. The van der Waals surface area contributed by atoms with Gasteiger partial charge in [0.25, 0.3) is 0 Å². The van der Waals surface area contributed by atoms with Crippen molar-refractivity contribution in [1.29, 1.82) is 0 Å². The number of nitrogens with one attached hydrogen (secondary N) is 1. The molecule has 1 rings (SSSR count). The van der Waals surface area contributed by atoms with Gasteiger partial charge in [0.1, 0.15) is 6.10 Å². The van der Waals surface area contributed by atoms with Crippen LogP contribution in [0.2, 0.25) is 0 Å². The second-order valence-electron chi connectivity index (χ2n) is 5.72. The Morgan fingerprint density at radius 3 is 2.35 bits per heavy atom. The number of carbonyl (C=O) groups excluding carboxylic acids is 2. The van der Waals surface area contributed by atoms with Crippen LogP contribution in [0.3, 0.4) is 0 Å². The Bertz CT molecular complexity index is 368. The summed E-state index contributed by atoms with van der Waals surface area (Å²) < 4.78 is 41.1. The molecule has 0 saturated heterocycles. The lowest BCUT2D eigenvalue weighted by Crippen LogP contribution is -2.44. The molecule has 0 aromatic rings. The number of carbonyl (C=O) groups is 2. The van der Waals surface area contributed by atoms with Gasteiger partial charge < -0.3 is 4.74 Å². The Kier molecular flexibility index (Phi) is 5.42. The van der Waals surface area contributed by atoms with E-state index in [1.54, 1.807) is 0 Å². The number of hydrogen-bond donors (Lipinski definition) is 1. The molecule has 20 heavy (non-hydrogen) atoms. The molecule has 7 heteroatoms. The molecule has 0 bridgehead atoms. The highest BCUT2D eigenvalue weighted by molar-refractivity contribution is 5.94. The van der Waals surface area contributed by atoms with Crippen molar-refractivity contribution >= 4 is 12.0 Å². The fourth-order valence-electron chi connectivity index (χ4n) is 2.58. The summed E-state index contributed by atoms with van der Waals surface area (Å²) >= 11 is 0. The third-order valence-corrected chi connectivity index (χ3v) is 3.69. The number of rotatable bonds is 2. The zero-order valence-electron chi connectivity index (χ0n) is 11.8. The molecule has 1 aliphatic rings. The first kappa shape index (κ1) is 16.8. The van der Waals surface area contributed by atoms with E-state index in [2.05, 4.69) is 0 Å². The third kappa shape index (κ3) is 4.68. The van der Waals surface area contributed by atoms with Gasteiger partial charge in [-0.05, 0) is 30.6 Å². The molecular weight excluding hydrogens is 275 g/mol. The van der Waals surface area contributed by atoms with E-state index in [9.17, 15) is 22.8 Å². The van der Waals surface area contributed by atoms with Crippen LogP contribution in [0.4, 0.5) is 18.0 Å². The third-order valence-electron chi connectivity index (χ3n) is 3.69. The minimum absolute atomic E-state index is 0.109. The van der Waals surface area contributed by atoms with Gasteiger partial charge in [0.2, 0.25) is 0 Å². The number of amides is 2. The quantitative estimate of drug-likeness (QED) is 0.850. The molecule has 4 nitrogen and oxygen atoms in total. The van der Waals surface area contributed by atoms with Crippen molar-refractivity contribution in [3.05, 3.63) is 0 Å². The monoisotopic (exact) mass is 295 g/mol. The zero-order valence-corrected chi connectivity index (χ0v) is 11.8. The SMILES string of the molecule is CC(C)[C@H]1CC[C@H](C)C[C@H]1OC(=O)NC(=O)C(F)(F)F. The van der Waals surface area contributed by atoms with Gasteiger partial charge in [-0.2, -0.15) is 13.2 Å². The molecular formula is C13H20F3NO3. The molecule has 1 fully saturated rings. The highest BCUT2D eigenvalue weighted by atomic mass is 19.4. The number of alkyl carbamates (subject to hydrolysis) is 1. The molecule has 1 saturated carbocycles. The van der Waals surface area contributed by atoms with Crippen molar-refractivity contribution in [2.75, 3.05) is 0 Å². The van der Waals surface area contributed by atoms with Gasteiger partial charge in [0.05, 0.1) is 0 Å². The molecule has 0 aromatic carbocycles. The summed E-state index contributed by atoms with van der Waals surface area (Å²) in [7, 11) is 0. The Morgan fingerprint density at radius 2 is 1.85 bits per heavy atom. The van der Waals surface area contributed by atoms with Gasteiger partial charge >= 0.3 is 18.2 Å². The summed E-state index contributed by atoms with van der Waals surface area (Å²) in [6.45, 7) is 5.97. The van der Waals surface area contributed by atoms with Crippen LogP contribution in [-0.4, -0.2) is 24.3 Å². The van der Waals surface area contributed by atoms with Gasteiger partial charge in [-0.15, -0.1) is 0 Å². The summed E-state index contributed by atoms with van der Waals surface area (Å²) in [6, 6.07) is 0. The van der Waals surface area contributed by atoms with Gasteiger partial charge in [-0.25, -0.2) is 4.79 Å². The van der Waals surface area contributed by atoms with Crippen molar-refractivity contribution in [1.82, 2.24) is 5.32 Å². The van der Waals surface area contributed by atoms with Crippen molar-refractivity contribution < 1.29 is 27.5 Å². The van der Waals surface area contributed by atoms with Gasteiger partial charge in [-0.1, -0.05) is 27.2 Å². The van der Waals surface area contributed by atoms with E-state index in [1.807, 2.05) is 20.8 Å². The van der Waals surface area contributed by atoms with E-state index in [-0.39, 0.29) is 11.8 Å². The maximum absolute atomic E-state index is 12.0. The lowest BCUT2D eigenvalue weighted by molar-refractivity contribution is -0.173. The van der Waals surface area contributed by atoms with Gasteiger partial charge in [0, 0.05) is 0 Å². The Hall–Kier alpha value is -1.27. The predicted octanol–water partition coefficient (Wildman–Crippen LogP) is 3.26. The number of ether oxygens (including phenoxy) is 1. The van der Waals surface area contributed by atoms with E-state index >= 15 is 0 Å². The molecule has 2 amide bonds. The lowest BCUT2D eigenvalue weighted by atomic mass is 9.75. The minimum atomic E-state index is -5.09. The van der Waals surface area contributed by atoms with E-state index in [4.69, 9.17) is 4.74 Å². The molecule has 0 unspecified atom stereocenters. The Morgan fingerprint density at radius 1 is 1.25 bits per heavy atom. The first-order valence-corrected chi connectivity index (χ1v) is 6.70. The smallest absolute Gasteiger partial charge is 0.446 e. The van der Waals surface area contributed by atoms with Crippen molar-refractivity contribution in [2.24, 2.45) is 17.8 Å². The Labute approximate surface area is 116 Å². The van der Waals surface area contributed by atoms with Crippen LogP contribution < -0.4 is 5.32 Å². The first-order chi connectivity index (χ1) is 9.11. The second kappa shape index (κ2) is 6.45. The standard InChI is InChI=1S/C13H20F3NO3/c1-7(2)9-5-4-8(3)6-10(9)20-12(19)17-11(18)13(14,15)16/h7-10H,4-6H2,1-3H3,(H,17,18,19)/t8-,9+,10+/m0/s1. The molecule has 0 heterocycles. The molecule has 0 spiro atoms. The largest absolute Gasteiger partial charge is 0.471 e. The topological polar surface area (TPSA) is 55.4 Å². The molecule has 1 N–H and O–H groups in total. The van der Waals surface area contributed by atoms with E-state index in [0.717, 1.165) is 12.8 Å². The highest BCUT2D eigenvalue weighted by Gasteiger charge is 2.41. The van der Waals surface area contributed by atoms with Crippen LogP contribution >= 0.6 is 0 Å². The van der Waals surface area contributed by atoms with Crippen LogP contribution in [0, 0.1) is 17.8 Å². The summed E-state index contributed by atoms with van der Waals surface area (Å²) in [6.07, 6.45) is -4.38. The second-order valence-corrected chi connectivity index (χ2v) is 5.72. The van der Waals surface area contributed by atoms with E-state index < -0.39 is 24.3 Å².